The van der Waals surface area contributed by atoms with Gasteiger partial charge in [-0.05, 0) is 47.5 Å². The van der Waals surface area contributed by atoms with Crippen molar-refractivity contribution >= 4 is 0 Å². The molecule has 4 rings (SSSR count). The topological polar surface area (TPSA) is 61.3 Å². The monoisotopic (exact) mass is 388 g/mol. The number of nitrogens with zero attached hydrogens (tertiary/aromatic N) is 3. The lowest BCUT2D eigenvalue weighted by molar-refractivity contribution is -0.0495. The number of benzene rings is 1. The summed E-state index contributed by atoms with van der Waals surface area (Å²) in [6, 6.07) is 19.3. The molecular weight excluding hydrogens is 360 g/mol. The maximum atomic E-state index is 10.2. The SMILES string of the molecule is CCNC[C@@H]1[C@@H](c2ccc(-c3ccncc3)cc2)[C@@H](CO)N1Cc1ccccn1. The number of likely N-dealkylation sites (N-methyl/N-ethyl adjacent to an activating group) is 1. The van der Waals surface area contributed by atoms with Gasteiger partial charge in [0.05, 0.1) is 12.3 Å². The highest BCUT2D eigenvalue weighted by Crippen LogP contribution is 2.41. The number of aliphatic hydroxyl groups excluding tert-OH is 1. The van der Waals surface area contributed by atoms with Crippen molar-refractivity contribution in [2.24, 2.45) is 0 Å². The third-order valence-electron chi connectivity index (χ3n) is 5.85. The molecule has 3 aromatic rings. The summed E-state index contributed by atoms with van der Waals surface area (Å²) in [5, 5.41) is 13.6. The van der Waals surface area contributed by atoms with Crippen LogP contribution in [0.15, 0.2) is 73.2 Å². The van der Waals surface area contributed by atoms with Gasteiger partial charge in [0, 0.05) is 49.7 Å². The first-order valence-corrected chi connectivity index (χ1v) is 10.3. The molecule has 29 heavy (non-hydrogen) atoms. The fourth-order valence-electron chi connectivity index (χ4n) is 4.37. The predicted molar refractivity (Wildman–Crippen MR) is 115 cm³/mol. The van der Waals surface area contributed by atoms with Gasteiger partial charge in [-0.1, -0.05) is 37.3 Å². The van der Waals surface area contributed by atoms with Gasteiger partial charge in [-0.3, -0.25) is 14.9 Å². The van der Waals surface area contributed by atoms with Crippen molar-refractivity contribution in [3.8, 4) is 11.1 Å². The highest BCUT2D eigenvalue weighted by Gasteiger charge is 2.48. The van der Waals surface area contributed by atoms with E-state index >= 15 is 0 Å². The van der Waals surface area contributed by atoms with Crippen molar-refractivity contribution in [3.63, 3.8) is 0 Å². The predicted octanol–water partition coefficient (Wildman–Crippen LogP) is 3.08. The highest BCUT2D eigenvalue weighted by atomic mass is 16.3. The molecule has 3 heterocycles. The molecule has 3 atom stereocenters. The van der Waals surface area contributed by atoms with E-state index in [1.165, 1.54) is 16.7 Å². The van der Waals surface area contributed by atoms with Crippen molar-refractivity contribution < 1.29 is 5.11 Å². The molecule has 0 radical (unpaired) electrons. The maximum absolute atomic E-state index is 10.2. The Hall–Kier alpha value is -2.60. The second kappa shape index (κ2) is 9.27. The molecular formula is C24H28N4O. The Morgan fingerprint density at radius 2 is 1.69 bits per heavy atom. The molecule has 1 saturated heterocycles. The number of hydrogen-bond donors (Lipinski definition) is 2. The lowest BCUT2D eigenvalue weighted by Crippen LogP contribution is -2.66. The molecule has 2 N–H and O–H groups in total. The van der Waals surface area contributed by atoms with Gasteiger partial charge in [0.25, 0.3) is 0 Å². The number of hydrogen-bond acceptors (Lipinski definition) is 5. The van der Waals surface area contributed by atoms with Crippen LogP contribution < -0.4 is 5.32 Å². The molecule has 1 aliphatic rings. The van der Waals surface area contributed by atoms with E-state index < -0.39 is 0 Å². The number of nitrogens with one attached hydrogen (secondary N) is 1. The minimum atomic E-state index is 0.104. The molecule has 0 spiro atoms. The second-order valence-corrected chi connectivity index (χ2v) is 7.50. The van der Waals surface area contributed by atoms with E-state index in [0.717, 1.165) is 25.3 Å². The lowest BCUT2D eigenvalue weighted by atomic mass is 9.74. The quantitative estimate of drug-likeness (QED) is 0.621. The average Bonchev–Trinajstić information content (AvgIpc) is 2.78. The molecule has 1 aromatic carbocycles. The van der Waals surface area contributed by atoms with Crippen LogP contribution in [0.4, 0.5) is 0 Å². The Morgan fingerprint density at radius 1 is 0.931 bits per heavy atom. The number of pyridine rings is 2. The van der Waals surface area contributed by atoms with Crippen LogP contribution in [0.2, 0.25) is 0 Å². The van der Waals surface area contributed by atoms with Crippen LogP contribution in [-0.2, 0) is 6.54 Å². The molecule has 2 aromatic heterocycles. The number of likely N-dealkylation sites (tertiary alicyclic amines) is 1. The summed E-state index contributed by atoms with van der Waals surface area (Å²) in [6.45, 7) is 4.87. The van der Waals surface area contributed by atoms with E-state index in [0.29, 0.717) is 12.0 Å². The van der Waals surface area contributed by atoms with Gasteiger partial charge in [-0.2, -0.15) is 0 Å². The molecule has 0 bridgehead atoms. The zero-order valence-corrected chi connectivity index (χ0v) is 16.8. The van der Waals surface area contributed by atoms with E-state index in [-0.39, 0.29) is 12.6 Å². The van der Waals surface area contributed by atoms with Crippen molar-refractivity contribution in [1.82, 2.24) is 20.2 Å². The van der Waals surface area contributed by atoms with Crippen LogP contribution >= 0.6 is 0 Å². The first-order valence-electron chi connectivity index (χ1n) is 10.3. The minimum absolute atomic E-state index is 0.104. The van der Waals surface area contributed by atoms with Crippen molar-refractivity contribution in [2.75, 3.05) is 19.7 Å². The number of aliphatic hydroxyl groups is 1. The third kappa shape index (κ3) is 4.22. The zero-order valence-electron chi connectivity index (χ0n) is 16.8. The molecule has 0 unspecified atom stereocenters. The van der Waals surface area contributed by atoms with Gasteiger partial charge < -0.3 is 10.4 Å². The van der Waals surface area contributed by atoms with Crippen molar-refractivity contribution in [2.45, 2.75) is 31.5 Å². The summed E-state index contributed by atoms with van der Waals surface area (Å²) >= 11 is 0. The standard InChI is InChI=1S/C24H28N4O/c1-2-25-15-22-24(23(17-29)28(22)16-21-5-3-4-12-27-21)20-8-6-18(7-9-20)19-10-13-26-14-11-19/h3-14,22-25,29H,2,15-17H2,1H3/t22-,23-,24-/m1/s1. The number of aromatic nitrogens is 2. The first kappa shape index (κ1) is 19.7. The van der Waals surface area contributed by atoms with Gasteiger partial charge >= 0.3 is 0 Å². The van der Waals surface area contributed by atoms with Crippen LogP contribution in [0.1, 0.15) is 24.1 Å². The summed E-state index contributed by atoms with van der Waals surface area (Å²) in [5.74, 6) is 0.300. The van der Waals surface area contributed by atoms with E-state index in [9.17, 15) is 5.11 Å². The van der Waals surface area contributed by atoms with Crippen LogP contribution in [-0.4, -0.2) is 51.8 Å². The molecule has 1 aliphatic heterocycles. The largest absolute Gasteiger partial charge is 0.395 e. The van der Waals surface area contributed by atoms with E-state index in [1.807, 2.05) is 42.9 Å². The third-order valence-corrected chi connectivity index (χ3v) is 5.85. The van der Waals surface area contributed by atoms with Gasteiger partial charge in [0.15, 0.2) is 0 Å². The Morgan fingerprint density at radius 3 is 2.34 bits per heavy atom. The van der Waals surface area contributed by atoms with Gasteiger partial charge in [-0.25, -0.2) is 0 Å². The fourth-order valence-corrected chi connectivity index (χ4v) is 4.37. The summed E-state index contributed by atoms with van der Waals surface area (Å²) in [4.78, 5) is 11.0. The van der Waals surface area contributed by atoms with Crippen molar-refractivity contribution in [3.05, 3.63) is 84.4 Å². The number of rotatable bonds is 8. The fraction of sp³-hybridized carbons (Fsp3) is 0.333. The molecule has 0 saturated carbocycles. The highest BCUT2D eigenvalue weighted by molar-refractivity contribution is 5.63. The Labute approximate surface area is 172 Å². The van der Waals surface area contributed by atoms with Crippen LogP contribution in [0.3, 0.4) is 0 Å². The molecule has 0 amide bonds. The normalized spacial score (nSPS) is 21.7. The molecule has 150 valence electrons. The zero-order chi connectivity index (χ0) is 20.1. The molecule has 0 aliphatic carbocycles. The summed E-state index contributed by atoms with van der Waals surface area (Å²) in [5.41, 5.74) is 4.67. The van der Waals surface area contributed by atoms with Gasteiger partial charge in [0.2, 0.25) is 0 Å². The van der Waals surface area contributed by atoms with Crippen LogP contribution in [0, 0.1) is 0 Å². The van der Waals surface area contributed by atoms with E-state index in [4.69, 9.17) is 0 Å². The summed E-state index contributed by atoms with van der Waals surface area (Å²) in [7, 11) is 0. The Kier molecular flexibility index (Phi) is 6.30. The minimum Gasteiger partial charge on any atom is -0.395 e. The van der Waals surface area contributed by atoms with E-state index in [2.05, 4.69) is 57.4 Å². The van der Waals surface area contributed by atoms with Crippen LogP contribution in [0.25, 0.3) is 11.1 Å². The Balaban J connectivity index is 1.56. The maximum Gasteiger partial charge on any atom is 0.0593 e. The summed E-state index contributed by atoms with van der Waals surface area (Å²) in [6.07, 6.45) is 5.47. The average molecular weight is 389 g/mol. The van der Waals surface area contributed by atoms with Crippen molar-refractivity contribution in [1.29, 1.82) is 0 Å². The lowest BCUT2D eigenvalue weighted by Gasteiger charge is -2.55. The smallest absolute Gasteiger partial charge is 0.0593 e. The van der Waals surface area contributed by atoms with Gasteiger partial charge in [-0.15, -0.1) is 0 Å². The molecule has 1 fully saturated rings. The van der Waals surface area contributed by atoms with E-state index in [1.54, 1.807) is 0 Å². The first-order chi connectivity index (χ1) is 14.3. The summed E-state index contributed by atoms with van der Waals surface area (Å²) < 4.78 is 0. The van der Waals surface area contributed by atoms with Gasteiger partial charge in [0.1, 0.15) is 0 Å². The molecule has 5 nitrogen and oxygen atoms in total. The molecule has 5 heteroatoms. The Bertz CT molecular complexity index is 886. The second-order valence-electron chi connectivity index (χ2n) is 7.50. The van der Waals surface area contributed by atoms with Crippen LogP contribution in [0.5, 0.6) is 0 Å².